The maximum Gasteiger partial charge on any atom is 0.250 e. The fraction of sp³-hybridized carbons (Fsp3) is 0.391. The monoisotopic (exact) mass is 524 g/mol. The molecule has 2 aromatic rings. The molecule has 0 aromatic heterocycles. The van der Waals surface area contributed by atoms with Gasteiger partial charge in [0.2, 0.25) is 21.8 Å². The number of carbonyl (C=O) groups excluding carboxylic acids is 2. The van der Waals surface area contributed by atoms with Gasteiger partial charge in [0, 0.05) is 37.9 Å². The third-order valence-corrected chi connectivity index (χ3v) is 9.08. The smallest absolute Gasteiger partial charge is 0.250 e. The molecule has 2 fully saturated rings. The van der Waals surface area contributed by atoms with Gasteiger partial charge < -0.3 is 14.7 Å². The van der Waals surface area contributed by atoms with Gasteiger partial charge in [0.25, 0.3) is 0 Å². The van der Waals surface area contributed by atoms with Crippen LogP contribution in [0.4, 0.5) is 5.69 Å². The number of amides is 2. The molecule has 4 rings (SSSR count). The van der Waals surface area contributed by atoms with Crippen LogP contribution in [0.1, 0.15) is 12.8 Å². The van der Waals surface area contributed by atoms with Crippen molar-refractivity contribution in [1.29, 1.82) is 0 Å². The predicted molar refractivity (Wildman–Crippen MR) is 131 cm³/mol. The first-order chi connectivity index (χ1) is 16.1. The van der Waals surface area contributed by atoms with Crippen LogP contribution in [0.15, 0.2) is 53.4 Å². The van der Waals surface area contributed by atoms with Crippen LogP contribution in [-0.4, -0.2) is 80.3 Å². The maximum absolute atomic E-state index is 13.7. The SMILES string of the molecule is CN(C)C(=O)CN1CN(c2ccccc2)C2(CCN(S(=O)(=O)c3cc(Cl)ccc3Cl)CC2)C1=O. The highest BCUT2D eigenvalue weighted by Gasteiger charge is 2.55. The second kappa shape index (κ2) is 9.37. The molecule has 2 aliphatic rings. The lowest BCUT2D eigenvalue weighted by Crippen LogP contribution is -2.57. The zero-order valence-electron chi connectivity index (χ0n) is 18.9. The van der Waals surface area contributed by atoms with Crippen molar-refractivity contribution in [3.8, 4) is 0 Å². The molecule has 1 spiro atoms. The van der Waals surface area contributed by atoms with Gasteiger partial charge in [0.1, 0.15) is 17.0 Å². The number of hydrogen-bond acceptors (Lipinski definition) is 5. The second-order valence-corrected chi connectivity index (χ2v) is 11.5. The van der Waals surface area contributed by atoms with Crippen LogP contribution in [0.3, 0.4) is 0 Å². The molecular formula is C23H26Cl2N4O4S. The van der Waals surface area contributed by atoms with Crippen molar-refractivity contribution in [2.24, 2.45) is 0 Å². The van der Waals surface area contributed by atoms with Crippen molar-refractivity contribution in [2.75, 3.05) is 45.3 Å². The Morgan fingerprint density at radius 3 is 2.32 bits per heavy atom. The Labute approximate surface area is 209 Å². The van der Waals surface area contributed by atoms with Crippen LogP contribution >= 0.6 is 23.2 Å². The molecular weight excluding hydrogens is 499 g/mol. The quantitative estimate of drug-likeness (QED) is 0.600. The van der Waals surface area contributed by atoms with E-state index in [-0.39, 0.29) is 65.9 Å². The largest absolute Gasteiger partial charge is 0.347 e. The molecule has 8 nitrogen and oxygen atoms in total. The summed E-state index contributed by atoms with van der Waals surface area (Å²) in [6.07, 6.45) is 0.565. The summed E-state index contributed by atoms with van der Waals surface area (Å²) in [7, 11) is -0.591. The molecule has 11 heteroatoms. The minimum Gasteiger partial charge on any atom is -0.347 e. The first-order valence-electron chi connectivity index (χ1n) is 10.8. The summed E-state index contributed by atoms with van der Waals surface area (Å²) in [5.74, 6) is -0.335. The lowest BCUT2D eigenvalue weighted by molar-refractivity contribution is -0.139. The highest BCUT2D eigenvalue weighted by Crippen LogP contribution is 2.41. The Morgan fingerprint density at radius 2 is 1.71 bits per heavy atom. The number of rotatable bonds is 5. The highest BCUT2D eigenvalue weighted by molar-refractivity contribution is 7.89. The summed E-state index contributed by atoms with van der Waals surface area (Å²) in [5, 5.41) is 0.375. The van der Waals surface area contributed by atoms with E-state index in [2.05, 4.69) is 0 Å². The summed E-state index contributed by atoms with van der Waals surface area (Å²) in [4.78, 5) is 31.0. The van der Waals surface area contributed by atoms with Crippen LogP contribution in [0, 0.1) is 0 Å². The zero-order chi connectivity index (χ0) is 24.7. The van der Waals surface area contributed by atoms with Crippen molar-refractivity contribution in [2.45, 2.75) is 23.3 Å². The Morgan fingerprint density at radius 1 is 1.06 bits per heavy atom. The summed E-state index contributed by atoms with van der Waals surface area (Å²) in [6, 6.07) is 13.8. The van der Waals surface area contributed by atoms with Crippen LogP contribution in [-0.2, 0) is 19.6 Å². The lowest BCUT2D eigenvalue weighted by atomic mass is 9.86. The number of para-hydroxylation sites is 1. The zero-order valence-corrected chi connectivity index (χ0v) is 21.3. The molecule has 2 aliphatic heterocycles. The third-order valence-electron chi connectivity index (χ3n) is 6.47. The van der Waals surface area contributed by atoms with Gasteiger partial charge in [-0.3, -0.25) is 9.59 Å². The van der Waals surface area contributed by atoms with Crippen LogP contribution < -0.4 is 4.90 Å². The van der Waals surface area contributed by atoms with E-state index in [1.165, 1.54) is 27.4 Å². The third kappa shape index (κ3) is 4.37. The molecule has 182 valence electrons. The number of halogens is 2. The topological polar surface area (TPSA) is 81.2 Å². The molecule has 0 unspecified atom stereocenters. The van der Waals surface area contributed by atoms with Crippen molar-refractivity contribution < 1.29 is 18.0 Å². The summed E-state index contributed by atoms with van der Waals surface area (Å²) in [5.41, 5.74) is -0.0807. The normalized spacial score (nSPS) is 18.5. The number of anilines is 1. The number of carbonyl (C=O) groups is 2. The van der Waals surface area contributed by atoms with E-state index in [4.69, 9.17) is 23.2 Å². The van der Waals surface area contributed by atoms with Gasteiger partial charge in [-0.15, -0.1) is 0 Å². The molecule has 0 saturated carbocycles. The standard InChI is InChI=1S/C23H26Cl2N4O4S/c1-26(2)21(30)15-27-16-29(18-6-4-3-5-7-18)23(22(27)31)10-12-28(13-11-23)34(32,33)20-14-17(24)8-9-19(20)25/h3-9,14H,10-13,15-16H2,1-2H3. The number of likely N-dealkylation sites (N-methyl/N-ethyl adjacent to an activating group) is 1. The highest BCUT2D eigenvalue weighted by atomic mass is 35.5. The van der Waals surface area contributed by atoms with E-state index in [0.717, 1.165) is 5.69 Å². The van der Waals surface area contributed by atoms with Crippen LogP contribution in [0.2, 0.25) is 10.0 Å². The fourth-order valence-corrected chi connectivity index (χ4v) is 6.72. The average molecular weight is 525 g/mol. The fourth-order valence-electron chi connectivity index (χ4n) is 4.54. The molecule has 2 aromatic carbocycles. The molecule has 0 aliphatic carbocycles. The van der Waals surface area contributed by atoms with E-state index < -0.39 is 15.6 Å². The van der Waals surface area contributed by atoms with E-state index >= 15 is 0 Å². The molecule has 2 heterocycles. The number of sulfonamides is 1. The van der Waals surface area contributed by atoms with Gasteiger partial charge in [-0.05, 0) is 43.2 Å². The van der Waals surface area contributed by atoms with Crippen LogP contribution in [0.25, 0.3) is 0 Å². The maximum atomic E-state index is 13.7. The minimum absolute atomic E-state index is 0.0307. The molecule has 0 bridgehead atoms. The molecule has 0 N–H and O–H groups in total. The van der Waals surface area contributed by atoms with E-state index in [1.807, 2.05) is 35.2 Å². The number of nitrogens with zero attached hydrogens (tertiary/aromatic N) is 4. The molecule has 0 radical (unpaired) electrons. The molecule has 2 saturated heterocycles. The number of piperidine rings is 1. The van der Waals surface area contributed by atoms with Crippen LogP contribution in [0.5, 0.6) is 0 Å². The molecule has 34 heavy (non-hydrogen) atoms. The van der Waals surface area contributed by atoms with Gasteiger partial charge in [-0.2, -0.15) is 4.31 Å². The van der Waals surface area contributed by atoms with E-state index in [1.54, 1.807) is 19.0 Å². The van der Waals surface area contributed by atoms with E-state index in [9.17, 15) is 18.0 Å². The van der Waals surface area contributed by atoms with Gasteiger partial charge in [-0.1, -0.05) is 41.4 Å². The van der Waals surface area contributed by atoms with Crippen molar-refractivity contribution in [3.63, 3.8) is 0 Å². The first-order valence-corrected chi connectivity index (χ1v) is 13.0. The van der Waals surface area contributed by atoms with Gasteiger partial charge in [-0.25, -0.2) is 8.42 Å². The lowest BCUT2D eigenvalue weighted by Gasteiger charge is -2.42. The van der Waals surface area contributed by atoms with Gasteiger partial charge in [0.15, 0.2) is 0 Å². The van der Waals surface area contributed by atoms with E-state index in [0.29, 0.717) is 0 Å². The van der Waals surface area contributed by atoms with Crippen molar-refractivity contribution in [3.05, 3.63) is 58.6 Å². The predicted octanol–water partition coefficient (Wildman–Crippen LogP) is 2.91. The Kier molecular flexibility index (Phi) is 6.83. The van der Waals surface area contributed by atoms with Crippen molar-refractivity contribution in [1.82, 2.24) is 14.1 Å². The minimum atomic E-state index is -3.89. The second-order valence-electron chi connectivity index (χ2n) is 8.71. The Hall–Kier alpha value is -2.33. The number of hydrogen-bond donors (Lipinski definition) is 0. The average Bonchev–Trinajstić information content (AvgIpc) is 3.07. The van der Waals surface area contributed by atoms with Crippen molar-refractivity contribution >= 4 is 50.7 Å². The summed E-state index contributed by atoms with van der Waals surface area (Å²) < 4.78 is 28.0. The number of benzene rings is 2. The molecule has 0 atom stereocenters. The summed E-state index contributed by atoms with van der Waals surface area (Å²) in [6.45, 7) is 0.498. The molecule has 2 amide bonds. The Balaban J connectivity index is 1.63. The van der Waals surface area contributed by atoms with Gasteiger partial charge >= 0.3 is 0 Å². The van der Waals surface area contributed by atoms with Gasteiger partial charge in [0.05, 0.1) is 11.7 Å². The summed E-state index contributed by atoms with van der Waals surface area (Å²) >= 11 is 12.2. The Bertz CT molecular complexity index is 1200. The first kappa shape index (κ1) is 24.8.